The molecule has 1 aromatic carbocycles. The summed E-state index contributed by atoms with van der Waals surface area (Å²) in [6.07, 6.45) is 2.29. The lowest BCUT2D eigenvalue weighted by molar-refractivity contribution is 0.111. The van der Waals surface area contributed by atoms with E-state index in [1.807, 2.05) is 4.90 Å². The lowest BCUT2D eigenvalue weighted by atomic mass is 9.93. The minimum atomic E-state index is -3.53. The standard InChI is InChI=1S/C17H19FN4O3S/c18-13-7-19-17(20-8-13)22-9-15-12(11-25-16(15)10-22)6-21-26(23,24)14-4-2-1-3-5-14/h1-5,7-8,12,15-16,21H,6,9-11H2/t12-,15+,16+/m0/s1. The number of ether oxygens (including phenoxy) is 1. The number of rotatable bonds is 5. The van der Waals surface area contributed by atoms with Gasteiger partial charge in [-0.3, -0.25) is 0 Å². The molecule has 1 aromatic heterocycles. The van der Waals surface area contributed by atoms with Crippen LogP contribution >= 0.6 is 0 Å². The van der Waals surface area contributed by atoms with Crippen LogP contribution in [0.25, 0.3) is 0 Å². The monoisotopic (exact) mass is 378 g/mol. The van der Waals surface area contributed by atoms with Gasteiger partial charge in [0.1, 0.15) is 0 Å². The number of hydrogen-bond acceptors (Lipinski definition) is 6. The largest absolute Gasteiger partial charge is 0.376 e. The first kappa shape index (κ1) is 17.3. The highest BCUT2D eigenvalue weighted by atomic mass is 32.2. The predicted molar refractivity (Wildman–Crippen MR) is 92.6 cm³/mol. The average Bonchev–Trinajstić information content (AvgIpc) is 3.22. The van der Waals surface area contributed by atoms with Crippen LogP contribution in [0.1, 0.15) is 0 Å². The molecule has 2 fully saturated rings. The molecular formula is C17H19FN4O3S. The number of nitrogens with zero attached hydrogens (tertiary/aromatic N) is 3. The molecule has 0 unspecified atom stereocenters. The fourth-order valence-electron chi connectivity index (χ4n) is 3.54. The van der Waals surface area contributed by atoms with Crippen molar-refractivity contribution in [2.45, 2.75) is 11.0 Å². The van der Waals surface area contributed by atoms with E-state index in [0.29, 0.717) is 32.2 Å². The molecule has 2 saturated heterocycles. The van der Waals surface area contributed by atoms with Crippen molar-refractivity contribution in [3.05, 3.63) is 48.5 Å². The number of nitrogens with one attached hydrogen (secondary N) is 1. The molecule has 0 radical (unpaired) electrons. The summed E-state index contributed by atoms with van der Waals surface area (Å²) < 4.78 is 46.3. The van der Waals surface area contributed by atoms with Gasteiger partial charge in [0.2, 0.25) is 16.0 Å². The van der Waals surface area contributed by atoms with Gasteiger partial charge in [-0.05, 0) is 12.1 Å². The molecule has 3 heterocycles. The van der Waals surface area contributed by atoms with Crippen molar-refractivity contribution in [2.75, 3.05) is 31.1 Å². The summed E-state index contributed by atoms with van der Waals surface area (Å²) in [5.41, 5.74) is 0. The molecule has 4 rings (SSSR count). The number of hydrogen-bond donors (Lipinski definition) is 1. The van der Waals surface area contributed by atoms with Gasteiger partial charge in [-0.2, -0.15) is 0 Å². The average molecular weight is 378 g/mol. The maximum atomic E-state index is 13.0. The van der Waals surface area contributed by atoms with Crippen molar-refractivity contribution in [1.29, 1.82) is 0 Å². The Morgan fingerprint density at radius 3 is 2.65 bits per heavy atom. The van der Waals surface area contributed by atoms with Crippen LogP contribution in [0.4, 0.5) is 10.3 Å². The zero-order chi connectivity index (χ0) is 18.1. The Bertz CT molecular complexity index is 863. The molecule has 1 N–H and O–H groups in total. The Hall–Kier alpha value is -2.10. The van der Waals surface area contributed by atoms with Gasteiger partial charge in [0.05, 0.1) is 30.0 Å². The first-order chi connectivity index (χ1) is 12.5. The lowest BCUT2D eigenvalue weighted by Crippen LogP contribution is -2.34. The number of sulfonamides is 1. The summed E-state index contributed by atoms with van der Waals surface area (Å²) >= 11 is 0. The second-order valence-corrected chi connectivity index (χ2v) is 8.33. The third kappa shape index (κ3) is 3.42. The van der Waals surface area contributed by atoms with Crippen LogP contribution in [0.3, 0.4) is 0 Å². The van der Waals surface area contributed by atoms with Crippen molar-refractivity contribution in [2.24, 2.45) is 11.8 Å². The summed E-state index contributed by atoms with van der Waals surface area (Å²) in [6.45, 7) is 2.12. The Balaban J connectivity index is 1.40. The fourth-order valence-corrected chi connectivity index (χ4v) is 4.66. The van der Waals surface area contributed by atoms with Crippen LogP contribution in [0, 0.1) is 17.7 Å². The van der Waals surface area contributed by atoms with Crippen molar-refractivity contribution in [3.63, 3.8) is 0 Å². The van der Waals surface area contributed by atoms with Crippen molar-refractivity contribution in [3.8, 4) is 0 Å². The quantitative estimate of drug-likeness (QED) is 0.837. The number of anilines is 1. The molecular weight excluding hydrogens is 359 g/mol. The second-order valence-electron chi connectivity index (χ2n) is 6.57. The molecule has 26 heavy (non-hydrogen) atoms. The molecule has 0 bridgehead atoms. The minimum Gasteiger partial charge on any atom is -0.376 e. The minimum absolute atomic E-state index is 0.00915. The zero-order valence-electron chi connectivity index (χ0n) is 14.0. The summed E-state index contributed by atoms with van der Waals surface area (Å²) in [7, 11) is -3.53. The Morgan fingerprint density at radius 2 is 1.92 bits per heavy atom. The molecule has 0 spiro atoms. The maximum absolute atomic E-state index is 13.0. The number of fused-ring (bicyclic) bond motifs is 1. The van der Waals surface area contributed by atoms with Crippen LogP contribution < -0.4 is 9.62 Å². The van der Waals surface area contributed by atoms with Gasteiger partial charge >= 0.3 is 0 Å². The van der Waals surface area contributed by atoms with Crippen molar-refractivity contribution < 1.29 is 17.5 Å². The lowest BCUT2D eigenvalue weighted by Gasteiger charge is -2.20. The van der Waals surface area contributed by atoms with Crippen LogP contribution in [0.15, 0.2) is 47.6 Å². The van der Waals surface area contributed by atoms with Crippen LogP contribution in [0.5, 0.6) is 0 Å². The summed E-state index contributed by atoms with van der Waals surface area (Å²) in [4.78, 5) is 10.2. The van der Waals surface area contributed by atoms with E-state index in [1.54, 1.807) is 30.3 Å². The van der Waals surface area contributed by atoms with E-state index in [1.165, 1.54) is 0 Å². The van der Waals surface area contributed by atoms with Gasteiger partial charge in [-0.25, -0.2) is 27.5 Å². The summed E-state index contributed by atoms with van der Waals surface area (Å²) in [5, 5.41) is 0. The van der Waals surface area contributed by atoms with E-state index >= 15 is 0 Å². The summed E-state index contributed by atoms with van der Waals surface area (Å²) in [5.74, 6) is 0.247. The fraction of sp³-hybridized carbons (Fsp3) is 0.412. The van der Waals surface area contributed by atoms with Crippen LogP contribution in [0.2, 0.25) is 0 Å². The predicted octanol–water partition coefficient (Wildman–Crippen LogP) is 1.05. The van der Waals surface area contributed by atoms with Gasteiger partial charge in [-0.1, -0.05) is 18.2 Å². The topological polar surface area (TPSA) is 84.4 Å². The number of halogens is 1. The highest BCUT2D eigenvalue weighted by Crippen LogP contribution is 2.34. The first-order valence-corrected chi connectivity index (χ1v) is 9.90. The molecule has 3 atom stereocenters. The SMILES string of the molecule is O=S(=O)(NC[C@H]1CO[C@@H]2CN(c3ncc(F)cn3)C[C@H]12)c1ccccc1. The molecule has 0 saturated carbocycles. The van der Waals surface area contributed by atoms with Gasteiger partial charge in [0, 0.05) is 31.5 Å². The second kappa shape index (κ2) is 6.90. The molecule has 2 aliphatic heterocycles. The highest BCUT2D eigenvalue weighted by Gasteiger charge is 2.44. The zero-order valence-corrected chi connectivity index (χ0v) is 14.8. The van der Waals surface area contributed by atoms with E-state index in [4.69, 9.17) is 4.74 Å². The molecule has 138 valence electrons. The maximum Gasteiger partial charge on any atom is 0.240 e. The smallest absolute Gasteiger partial charge is 0.240 e. The van der Waals surface area contributed by atoms with Crippen molar-refractivity contribution in [1.82, 2.24) is 14.7 Å². The highest BCUT2D eigenvalue weighted by molar-refractivity contribution is 7.89. The van der Waals surface area contributed by atoms with Gasteiger partial charge < -0.3 is 9.64 Å². The van der Waals surface area contributed by atoms with E-state index in [-0.39, 0.29) is 22.8 Å². The number of benzene rings is 1. The van der Waals surface area contributed by atoms with E-state index in [9.17, 15) is 12.8 Å². The molecule has 7 nitrogen and oxygen atoms in total. The number of aromatic nitrogens is 2. The Labute approximate surface area is 151 Å². The Kier molecular flexibility index (Phi) is 4.60. The molecule has 9 heteroatoms. The molecule has 2 aromatic rings. The van der Waals surface area contributed by atoms with Crippen LogP contribution in [-0.4, -0.2) is 50.7 Å². The third-order valence-electron chi connectivity index (χ3n) is 4.92. The molecule has 0 amide bonds. The first-order valence-electron chi connectivity index (χ1n) is 8.42. The molecule has 0 aliphatic carbocycles. The third-order valence-corrected chi connectivity index (χ3v) is 6.36. The van der Waals surface area contributed by atoms with Gasteiger partial charge in [-0.15, -0.1) is 0 Å². The van der Waals surface area contributed by atoms with E-state index in [0.717, 1.165) is 12.4 Å². The van der Waals surface area contributed by atoms with Crippen molar-refractivity contribution >= 4 is 16.0 Å². The molecule has 2 aliphatic rings. The van der Waals surface area contributed by atoms with Gasteiger partial charge in [0.15, 0.2) is 5.82 Å². The van der Waals surface area contributed by atoms with E-state index < -0.39 is 15.8 Å². The Morgan fingerprint density at radius 1 is 1.19 bits per heavy atom. The normalized spacial score (nSPS) is 25.4. The van der Waals surface area contributed by atoms with Crippen LogP contribution in [-0.2, 0) is 14.8 Å². The van der Waals surface area contributed by atoms with E-state index in [2.05, 4.69) is 14.7 Å². The summed E-state index contributed by atoms with van der Waals surface area (Å²) in [6, 6.07) is 8.31. The van der Waals surface area contributed by atoms with Gasteiger partial charge in [0.25, 0.3) is 0 Å².